The van der Waals surface area contributed by atoms with Crippen LogP contribution in [0.3, 0.4) is 0 Å². The number of benzene rings is 2. The number of fused-ring (bicyclic) bond motifs is 1. The molecule has 0 saturated carbocycles. The van der Waals surface area contributed by atoms with Gasteiger partial charge in [0.15, 0.2) is 11.0 Å². The van der Waals surface area contributed by atoms with E-state index < -0.39 is 0 Å². The van der Waals surface area contributed by atoms with Crippen molar-refractivity contribution in [3.05, 3.63) is 66.0 Å². The van der Waals surface area contributed by atoms with Crippen LogP contribution in [0.15, 0.2) is 54.9 Å². The molecule has 0 N–H and O–H groups in total. The molecule has 2 aromatic carbocycles. The summed E-state index contributed by atoms with van der Waals surface area (Å²) in [5, 5.41) is 0. The van der Waals surface area contributed by atoms with E-state index in [4.69, 9.17) is 4.74 Å². The average molecular weight is 331 g/mol. The summed E-state index contributed by atoms with van der Waals surface area (Å²) in [6, 6.07) is 17.2. The van der Waals surface area contributed by atoms with Gasteiger partial charge in [0, 0.05) is 6.61 Å². The molecule has 0 radical (unpaired) electrons. The number of hydrogen-bond donors (Lipinski definition) is 0. The van der Waals surface area contributed by atoms with Crippen molar-refractivity contribution in [1.29, 1.82) is 0 Å². The molecule has 0 saturated heterocycles. The van der Waals surface area contributed by atoms with Gasteiger partial charge < -0.3 is 17.1 Å². The van der Waals surface area contributed by atoms with Gasteiger partial charge in [0.2, 0.25) is 6.33 Å². The third-order valence-corrected chi connectivity index (χ3v) is 3.90. The molecule has 3 rings (SSSR count). The molecule has 0 unspecified atom stereocenters. The molecule has 0 spiro atoms. The summed E-state index contributed by atoms with van der Waals surface area (Å²) in [6.45, 7) is 7.47. The van der Waals surface area contributed by atoms with Crippen molar-refractivity contribution in [1.82, 2.24) is 4.57 Å². The minimum atomic E-state index is 0. The molecule has 23 heavy (non-hydrogen) atoms. The number of ether oxygens (including phenoxy) is 1. The molecule has 1 aromatic heterocycles. The Morgan fingerprint density at radius 1 is 1.09 bits per heavy atom. The van der Waals surface area contributed by atoms with Crippen molar-refractivity contribution >= 4 is 11.0 Å². The largest absolute Gasteiger partial charge is 1.00 e. The second-order valence-electron chi connectivity index (χ2n) is 5.61. The minimum Gasteiger partial charge on any atom is -1.00 e. The van der Waals surface area contributed by atoms with E-state index >= 15 is 0 Å². The van der Waals surface area contributed by atoms with Crippen LogP contribution < -0.4 is 17.0 Å². The lowest BCUT2D eigenvalue weighted by Gasteiger charge is -1.98. The Kier molecular flexibility index (Phi) is 6.20. The third kappa shape index (κ3) is 4.12. The van der Waals surface area contributed by atoms with E-state index in [0.717, 1.165) is 26.3 Å². The summed E-state index contributed by atoms with van der Waals surface area (Å²) in [5.41, 5.74) is 5.15. The lowest BCUT2D eigenvalue weighted by molar-refractivity contribution is -0.673. The van der Waals surface area contributed by atoms with Crippen molar-refractivity contribution < 1.29 is 21.7 Å². The highest BCUT2D eigenvalue weighted by atomic mass is 35.5. The van der Waals surface area contributed by atoms with E-state index in [0.29, 0.717) is 0 Å². The van der Waals surface area contributed by atoms with E-state index in [-0.39, 0.29) is 12.4 Å². The summed E-state index contributed by atoms with van der Waals surface area (Å²) in [7, 11) is 0. The van der Waals surface area contributed by atoms with E-state index in [1.807, 2.05) is 6.92 Å². The summed E-state index contributed by atoms with van der Waals surface area (Å²) >= 11 is 0. The normalized spacial score (nSPS) is 10.7. The lowest BCUT2D eigenvalue weighted by Crippen LogP contribution is -3.00. The molecule has 0 amide bonds. The fraction of sp³-hybridized carbons (Fsp3) is 0.316. The van der Waals surface area contributed by atoms with Gasteiger partial charge in [0.1, 0.15) is 13.1 Å². The van der Waals surface area contributed by atoms with Gasteiger partial charge in [0.05, 0.1) is 6.61 Å². The van der Waals surface area contributed by atoms with Crippen LogP contribution in [0.4, 0.5) is 0 Å². The first-order valence-electron chi connectivity index (χ1n) is 7.88. The average Bonchev–Trinajstić information content (AvgIpc) is 2.86. The summed E-state index contributed by atoms with van der Waals surface area (Å²) in [5.74, 6) is 0. The van der Waals surface area contributed by atoms with E-state index in [1.165, 1.54) is 22.2 Å². The zero-order valence-electron chi connectivity index (χ0n) is 13.7. The van der Waals surface area contributed by atoms with Crippen LogP contribution >= 0.6 is 0 Å². The maximum atomic E-state index is 5.51. The number of aromatic nitrogens is 2. The van der Waals surface area contributed by atoms with Crippen LogP contribution in [0.2, 0.25) is 0 Å². The van der Waals surface area contributed by atoms with Crippen molar-refractivity contribution in [2.24, 2.45) is 0 Å². The van der Waals surface area contributed by atoms with Gasteiger partial charge in [0.25, 0.3) is 0 Å². The molecule has 0 aliphatic carbocycles. The van der Waals surface area contributed by atoms with Crippen LogP contribution in [0.25, 0.3) is 11.0 Å². The minimum absolute atomic E-state index is 0. The number of aryl methyl sites for hydroxylation is 1. The number of halogens is 1. The summed E-state index contributed by atoms with van der Waals surface area (Å²) in [4.78, 5) is 0. The second kappa shape index (κ2) is 8.14. The van der Waals surface area contributed by atoms with Gasteiger partial charge in [-0.3, -0.25) is 0 Å². The first-order valence-corrected chi connectivity index (χ1v) is 7.88. The molecule has 4 heteroatoms. The molecule has 3 aromatic rings. The van der Waals surface area contributed by atoms with Gasteiger partial charge in [-0.15, -0.1) is 0 Å². The predicted molar refractivity (Wildman–Crippen MR) is 88.9 cm³/mol. The number of imidazole rings is 1. The van der Waals surface area contributed by atoms with Crippen LogP contribution in [0.5, 0.6) is 0 Å². The predicted octanol–water partition coefficient (Wildman–Crippen LogP) is 0.326. The number of rotatable bonds is 6. The van der Waals surface area contributed by atoms with E-state index in [2.05, 4.69) is 70.9 Å². The Morgan fingerprint density at radius 2 is 1.87 bits per heavy atom. The molecule has 0 aliphatic heterocycles. The van der Waals surface area contributed by atoms with E-state index in [9.17, 15) is 0 Å². The zero-order valence-corrected chi connectivity index (χ0v) is 14.5. The molecular formula is C19H23ClN2O. The van der Waals surface area contributed by atoms with Gasteiger partial charge >= 0.3 is 0 Å². The van der Waals surface area contributed by atoms with Crippen molar-refractivity contribution in [2.75, 3.05) is 13.2 Å². The molecule has 0 atom stereocenters. The first kappa shape index (κ1) is 17.5. The van der Waals surface area contributed by atoms with Crippen LogP contribution in [0.1, 0.15) is 18.1 Å². The molecule has 0 aliphatic rings. The lowest BCUT2D eigenvalue weighted by atomic mass is 10.2. The zero-order chi connectivity index (χ0) is 15.4. The van der Waals surface area contributed by atoms with Crippen LogP contribution in [-0.4, -0.2) is 17.8 Å². The molecule has 0 bridgehead atoms. The Hall–Kier alpha value is -1.84. The fourth-order valence-electron chi connectivity index (χ4n) is 2.79. The Balaban J connectivity index is 0.00000192. The second-order valence-corrected chi connectivity index (χ2v) is 5.61. The van der Waals surface area contributed by atoms with Gasteiger partial charge in [-0.25, -0.2) is 9.13 Å². The van der Waals surface area contributed by atoms with E-state index in [1.54, 1.807) is 0 Å². The highest BCUT2D eigenvalue weighted by Gasteiger charge is 2.15. The summed E-state index contributed by atoms with van der Waals surface area (Å²) < 4.78 is 10.1. The number of nitrogens with zero attached hydrogens (tertiary/aromatic N) is 2. The fourth-order valence-corrected chi connectivity index (χ4v) is 2.79. The van der Waals surface area contributed by atoms with Crippen molar-refractivity contribution in [2.45, 2.75) is 26.9 Å². The monoisotopic (exact) mass is 330 g/mol. The molecule has 122 valence electrons. The van der Waals surface area contributed by atoms with Gasteiger partial charge in [-0.05, 0) is 37.1 Å². The first-order chi connectivity index (χ1) is 10.8. The SMILES string of the molecule is CCOCC[n+]1cn(Cc2ccccc2)c2cc(C)ccc21.[Cl-]. The van der Waals surface area contributed by atoms with Crippen LogP contribution in [0, 0.1) is 6.92 Å². The van der Waals surface area contributed by atoms with Crippen LogP contribution in [-0.2, 0) is 17.8 Å². The smallest absolute Gasteiger partial charge is 0.245 e. The molecular weight excluding hydrogens is 308 g/mol. The van der Waals surface area contributed by atoms with Gasteiger partial charge in [-0.1, -0.05) is 36.4 Å². The summed E-state index contributed by atoms with van der Waals surface area (Å²) in [6.07, 6.45) is 2.20. The molecule has 3 nitrogen and oxygen atoms in total. The van der Waals surface area contributed by atoms with Crippen molar-refractivity contribution in [3.8, 4) is 0 Å². The Bertz CT molecular complexity index is 753. The highest BCUT2D eigenvalue weighted by Crippen LogP contribution is 2.15. The van der Waals surface area contributed by atoms with Crippen molar-refractivity contribution in [3.63, 3.8) is 0 Å². The quantitative estimate of drug-likeness (QED) is 0.470. The standard InChI is InChI=1S/C19H23N2O.ClH/c1-3-22-12-11-20-15-21(14-17-7-5-4-6-8-17)19-13-16(2)9-10-18(19)20;/h4-10,13,15H,3,11-12,14H2,1-2H3;1H/q+1;/p-1. The van der Waals surface area contributed by atoms with Gasteiger partial charge in [-0.2, -0.15) is 0 Å². The third-order valence-electron chi connectivity index (χ3n) is 3.90. The maximum Gasteiger partial charge on any atom is 0.245 e. The molecule has 0 fully saturated rings. The maximum absolute atomic E-state index is 5.51. The Labute approximate surface area is 143 Å². The number of hydrogen-bond acceptors (Lipinski definition) is 1. The topological polar surface area (TPSA) is 18.0 Å². The Morgan fingerprint density at radius 3 is 2.61 bits per heavy atom. The highest BCUT2D eigenvalue weighted by molar-refractivity contribution is 5.72. The molecule has 1 heterocycles.